The first-order valence-electron chi connectivity index (χ1n) is 12.9. The van der Waals surface area contributed by atoms with E-state index in [1.165, 1.54) is 32.4 Å². The van der Waals surface area contributed by atoms with Crippen molar-refractivity contribution in [2.24, 2.45) is 5.92 Å². The van der Waals surface area contributed by atoms with Crippen LogP contribution in [-0.2, 0) is 0 Å². The summed E-state index contributed by atoms with van der Waals surface area (Å²) in [6, 6.07) is 7.41. The van der Waals surface area contributed by atoms with Crippen LogP contribution in [0.3, 0.4) is 0 Å². The van der Waals surface area contributed by atoms with Crippen molar-refractivity contribution in [3.8, 4) is 28.5 Å². The third-order valence-corrected chi connectivity index (χ3v) is 7.37. The molecule has 1 saturated carbocycles. The number of fused-ring (bicyclic) bond motifs is 1. The van der Waals surface area contributed by atoms with Crippen molar-refractivity contribution in [1.29, 1.82) is 0 Å². The van der Waals surface area contributed by atoms with Crippen LogP contribution in [-0.4, -0.2) is 60.0 Å². The van der Waals surface area contributed by atoms with Gasteiger partial charge in [-0.1, -0.05) is 6.42 Å². The SMILES string of the molecule is COc1cc(-c2cnc3cc(OCCC4CCCCN4C)ccn23)cc(OC(F)F)c1C(=O)CC1CC1. The number of nitrogens with zero attached hydrogens (tertiary/aromatic N) is 3. The maximum absolute atomic E-state index is 13.3. The molecule has 198 valence electrons. The van der Waals surface area contributed by atoms with Gasteiger partial charge in [0.2, 0.25) is 0 Å². The summed E-state index contributed by atoms with van der Waals surface area (Å²) in [6.45, 7) is -1.30. The molecule has 0 amide bonds. The molecule has 1 aliphatic heterocycles. The third kappa shape index (κ3) is 5.87. The smallest absolute Gasteiger partial charge is 0.387 e. The molecule has 37 heavy (non-hydrogen) atoms. The molecule has 0 N–H and O–H groups in total. The van der Waals surface area contributed by atoms with Crippen LogP contribution in [0.15, 0.2) is 36.7 Å². The van der Waals surface area contributed by atoms with Gasteiger partial charge < -0.3 is 19.1 Å². The number of hydrogen-bond donors (Lipinski definition) is 0. The standard InChI is InChI=1S/C28H33F2N3O4/c1-32-10-4-3-5-20(32)9-12-36-21-8-11-33-22(17-31-26(33)16-21)19-14-24(35-2)27(23(34)13-18-6-7-18)25(15-19)37-28(29)30/h8,11,14-18,20,28H,3-7,9-10,12-13H2,1-2H3. The number of pyridine rings is 1. The topological polar surface area (TPSA) is 65.3 Å². The Balaban J connectivity index is 1.38. The van der Waals surface area contributed by atoms with Crippen molar-refractivity contribution in [2.45, 2.75) is 57.6 Å². The second kappa shape index (κ2) is 11.0. The van der Waals surface area contributed by atoms with E-state index in [4.69, 9.17) is 14.2 Å². The number of imidazole rings is 1. The lowest BCUT2D eigenvalue weighted by atomic mass is 10.00. The summed E-state index contributed by atoms with van der Waals surface area (Å²) in [5.41, 5.74) is 1.93. The molecule has 9 heteroatoms. The number of Topliss-reactive ketones (excluding diaryl/α,β-unsaturated/α-hetero) is 1. The van der Waals surface area contributed by atoms with Gasteiger partial charge in [-0.25, -0.2) is 4.98 Å². The molecule has 2 aliphatic rings. The number of ketones is 1. The van der Waals surface area contributed by atoms with E-state index in [9.17, 15) is 13.6 Å². The lowest BCUT2D eigenvalue weighted by Crippen LogP contribution is -2.37. The summed E-state index contributed by atoms with van der Waals surface area (Å²) < 4.78 is 44.7. The van der Waals surface area contributed by atoms with Gasteiger partial charge >= 0.3 is 6.61 Å². The van der Waals surface area contributed by atoms with Crippen molar-refractivity contribution in [1.82, 2.24) is 14.3 Å². The largest absolute Gasteiger partial charge is 0.496 e. The Bertz CT molecular complexity index is 1260. The fourth-order valence-corrected chi connectivity index (χ4v) is 5.14. The Kier molecular flexibility index (Phi) is 7.60. The molecule has 1 aliphatic carbocycles. The number of likely N-dealkylation sites (tertiary alicyclic amines) is 1. The molecular formula is C28H33F2N3O4. The number of ether oxygens (including phenoxy) is 3. The molecule has 0 spiro atoms. The molecule has 3 aromatic rings. The minimum Gasteiger partial charge on any atom is -0.496 e. The third-order valence-electron chi connectivity index (χ3n) is 7.37. The second-order valence-electron chi connectivity index (χ2n) is 10.0. The summed E-state index contributed by atoms with van der Waals surface area (Å²) in [5, 5.41) is 0. The van der Waals surface area contributed by atoms with E-state index in [2.05, 4.69) is 16.9 Å². The quantitative estimate of drug-likeness (QED) is 0.300. The maximum Gasteiger partial charge on any atom is 0.387 e. The Labute approximate surface area is 215 Å². The van der Waals surface area contributed by atoms with Crippen LogP contribution in [0.25, 0.3) is 16.9 Å². The van der Waals surface area contributed by atoms with Crippen LogP contribution in [0.5, 0.6) is 17.2 Å². The lowest BCUT2D eigenvalue weighted by molar-refractivity contribution is -0.0502. The summed E-state index contributed by atoms with van der Waals surface area (Å²) in [5.74, 6) is 0.804. The molecule has 0 bridgehead atoms. The zero-order chi connectivity index (χ0) is 25.9. The number of carbonyl (C=O) groups is 1. The summed E-state index contributed by atoms with van der Waals surface area (Å²) >= 11 is 0. The van der Waals surface area contributed by atoms with Crippen molar-refractivity contribution in [3.05, 3.63) is 42.2 Å². The molecule has 2 aromatic heterocycles. The van der Waals surface area contributed by atoms with Gasteiger partial charge in [0.05, 0.1) is 25.6 Å². The molecule has 5 rings (SSSR count). The molecular weight excluding hydrogens is 480 g/mol. The van der Waals surface area contributed by atoms with Gasteiger partial charge in [-0.2, -0.15) is 8.78 Å². The predicted octanol–water partition coefficient (Wildman–Crippen LogP) is 5.85. The number of carbonyl (C=O) groups excluding carboxylic acids is 1. The number of hydrogen-bond acceptors (Lipinski definition) is 6. The fraction of sp³-hybridized carbons (Fsp3) is 0.500. The highest BCUT2D eigenvalue weighted by atomic mass is 19.3. The molecule has 1 saturated heterocycles. The summed E-state index contributed by atoms with van der Waals surface area (Å²) in [4.78, 5) is 19.8. The molecule has 1 aromatic carbocycles. The first kappa shape index (κ1) is 25.4. The predicted molar refractivity (Wildman–Crippen MR) is 136 cm³/mol. The fourth-order valence-electron chi connectivity index (χ4n) is 5.14. The number of benzene rings is 1. The molecule has 1 atom stereocenters. The van der Waals surface area contributed by atoms with Gasteiger partial charge in [-0.15, -0.1) is 0 Å². The van der Waals surface area contributed by atoms with Gasteiger partial charge in [0.15, 0.2) is 5.78 Å². The van der Waals surface area contributed by atoms with E-state index in [0.717, 1.165) is 31.6 Å². The zero-order valence-corrected chi connectivity index (χ0v) is 21.3. The molecule has 0 radical (unpaired) electrons. The van der Waals surface area contributed by atoms with Crippen LogP contribution < -0.4 is 14.2 Å². The maximum atomic E-state index is 13.3. The van der Waals surface area contributed by atoms with Gasteiger partial charge in [-0.3, -0.25) is 9.20 Å². The van der Waals surface area contributed by atoms with E-state index in [1.54, 1.807) is 12.3 Å². The number of alkyl halides is 2. The van der Waals surface area contributed by atoms with Crippen LogP contribution >= 0.6 is 0 Å². The van der Waals surface area contributed by atoms with Crippen molar-refractivity contribution in [2.75, 3.05) is 27.3 Å². The first-order chi connectivity index (χ1) is 17.9. The molecule has 1 unspecified atom stereocenters. The highest BCUT2D eigenvalue weighted by Gasteiger charge is 2.30. The summed E-state index contributed by atoms with van der Waals surface area (Å²) in [7, 11) is 3.59. The van der Waals surface area contributed by atoms with Crippen LogP contribution in [0, 0.1) is 5.92 Å². The first-order valence-corrected chi connectivity index (χ1v) is 12.9. The lowest BCUT2D eigenvalue weighted by Gasteiger charge is -2.32. The number of methoxy groups -OCH3 is 1. The van der Waals surface area contributed by atoms with E-state index in [0.29, 0.717) is 41.9 Å². The monoisotopic (exact) mass is 513 g/mol. The Morgan fingerprint density at radius 1 is 1.16 bits per heavy atom. The number of halogens is 2. The van der Waals surface area contributed by atoms with Crippen molar-refractivity contribution >= 4 is 11.4 Å². The highest BCUT2D eigenvalue weighted by Crippen LogP contribution is 2.40. The van der Waals surface area contributed by atoms with E-state index in [1.807, 2.05) is 22.7 Å². The molecule has 7 nitrogen and oxygen atoms in total. The number of aromatic nitrogens is 2. The van der Waals surface area contributed by atoms with Gasteiger partial charge in [0.25, 0.3) is 0 Å². The Hall–Kier alpha value is -3.20. The van der Waals surface area contributed by atoms with Crippen molar-refractivity contribution in [3.63, 3.8) is 0 Å². The second-order valence-corrected chi connectivity index (χ2v) is 10.0. The Morgan fingerprint density at radius 3 is 2.70 bits per heavy atom. The minimum atomic E-state index is -3.07. The zero-order valence-electron chi connectivity index (χ0n) is 21.3. The van der Waals surface area contributed by atoms with Gasteiger partial charge in [-0.05, 0) is 69.8 Å². The Morgan fingerprint density at radius 2 is 1.97 bits per heavy atom. The van der Waals surface area contributed by atoms with Crippen LogP contribution in [0.2, 0.25) is 0 Å². The average Bonchev–Trinajstić information content (AvgIpc) is 3.59. The van der Waals surface area contributed by atoms with Gasteiger partial charge in [0.1, 0.15) is 28.5 Å². The number of piperidine rings is 1. The van der Waals surface area contributed by atoms with E-state index in [-0.39, 0.29) is 22.8 Å². The normalized spacial score (nSPS) is 18.4. The van der Waals surface area contributed by atoms with E-state index < -0.39 is 6.61 Å². The van der Waals surface area contributed by atoms with E-state index >= 15 is 0 Å². The van der Waals surface area contributed by atoms with Crippen LogP contribution in [0.1, 0.15) is 55.3 Å². The highest BCUT2D eigenvalue weighted by molar-refractivity contribution is 6.02. The molecule has 2 fully saturated rings. The van der Waals surface area contributed by atoms with Crippen LogP contribution in [0.4, 0.5) is 8.78 Å². The van der Waals surface area contributed by atoms with Gasteiger partial charge in [0, 0.05) is 30.3 Å². The minimum absolute atomic E-state index is 0.0616. The summed E-state index contributed by atoms with van der Waals surface area (Å²) in [6.07, 6.45) is 10.4. The molecule has 3 heterocycles. The number of rotatable bonds is 11. The van der Waals surface area contributed by atoms with Crippen molar-refractivity contribution < 1.29 is 27.8 Å². The average molecular weight is 514 g/mol.